The van der Waals surface area contributed by atoms with E-state index >= 15 is 0 Å². The molecule has 0 spiro atoms. The van der Waals surface area contributed by atoms with Gasteiger partial charge in [0.25, 0.3) is 0 Å². The molecule has 0 aliphatic rings. The molecule has 0 saturated heterocycles. The van der Waals surface area contributed by atoms with Crippen LogP contribution in [0.1, 0.15) is 24.9 Å². The molecule has 0 aliphatic carbocycles. The van der Waals surface area contributed by atoms with Crippen LogP contribution in [0.15, 0.2) is 24.3 Å². The number of hydrogen-bond acceptors (Lipinski definition) is 2. The molecular formula is C13H21FN2. The summed E-state index contributed by atoms with van der Waals surface area (Å²) in [5.41, 5.74) is 1.02. The summed E-state index contributed by atoms with van der Waals surface area (Å²) in [6.07, 6.45) is 1.06. The van der Waals surface area contributed by atoms with Crippen LogP contribution in [0.5, 0.6) is 0 Å². The maximum atomic E-state index is 13.2. The van der Waals surface area contributed by atoms with Crippen LogP contribution in [0.25, 0.3) is 0 Å². The van der Waals surface area contributed by atoms with Crippen LogP contribution in [-0.2, 0) is 0 Å². The van der Waals surface area contributed by atoms with Crippen LogP contribution >= 0.6 is 0 Å². The Bertz CT molecular complexity index is 315. The quantitative estimate of drug-likeness (QED) is 0.775. The minimum absolute atomic E-state index is 0.169. The molecule has 16 heavy (non-hydrogen) atoms. The lowest BCUT2D eigenvalue weighted by Gasteiger charge is -2.26. The molecule has 0 aliphatic heterocycles. The summed E-state index contributed by atoms with van der Waals surface area (Å²) in [7, 11) is 3.87. The van der Waals surface area contributed by atoms with Crippen LogP contribution in [0.2, 0.25) is 0 Å². The lowest BCUT2D eigenvalue weighted by molar-refractivity contribution is 0.359. The SMILES string of the molecule is CCC(CNC)C(NC)c1cccc(F)c1. The van der Waals surface area contributed by atoms with Gasteiger partial charge in [-0.15, -0.1) is 0 Å². The zero-order valence-electron chi connectivity index (χ0n) is 10.3. The Hall–Kier alpha value is -0.930. The molecular weight excluding hydrogens is 203 g/mol. The van der Waals surface area contributed by atoms with Crippen LogP contribution < -0.4 is 10.6 Å². The third kappa shape index (κ3) is 3.29. The lowest BCUT2D eigenvalue weighted by atomic mass is 9.91. The minimum Gasteiger partial charge on any atom is -0.319 e. The smallest absolute Gasteiger partial charge is 0.123 e. The fraction of sp³-hybridized carbons (Fsp3) is 0.538. The molecule has 0 heterocycles. The molecule has 1 aromatic carbocycles. The van der Waals surface area contributed by atoms with Gasteiger partial charge in [-0.25, -0.2) is 4.39 Å². The zero-order chi connectivity index (χ0) is 12.0. The van der Waals surface area contributed by atoms with E-state index in [1.807, 2.05) is 20.2 Å². The van der Waals surface area contributed by atoms with Gasteiger partial charge in [0.05, 0.1) is 0 Å². The largest absolute Gasteiger partial charge is 0.319 e. The number of rotatable bonds is 6. The monoisotopic (exact) mass is 224 g/mol. The van der Waals surface area contributed by atoms with E-state index in [1.165, 1.54) is 6.07 Å². The van der Waals surface area contributed by atoms with E-state index in [2.05, 4.69) is 17.6 Å². The van der Waals surface area contributed by atoms with Crippen molar-refractivity contribution in [3.63, 3.8) is 0 Å². The number of benzene rings is 1. The van der Waals surface area contributed by atoms with Crippen molar-refractivity contribution in [1.29, 1.82) is 0 Å². The Morgan fingerprint density at radius 3 is 2.56 bits per heavy atom. The Kier molecular flexibility index (Phi) is 5.43. The molecule has 1 aromatic rings. The summed E-state index contributed by atoms with van der Waals surface area (Å²) in [5.74, 6) is 0.300. The van der Waals surface area contributed by atoms with Crippen LogP contribution in [0.3, 0.4) is 0 Å². The fourth-order valence-corrected chi connectivity index (χ4v) is 2.13. The van der Waals surface area contributed by atoms with Gasteiger partial charge >= 0.3 is 0 Å². The zero-order valence-corrected chi connectivity index (χ0v) is 10.3. The summed E-state index contributed by atoms with van der Waals surface area (Å²) in [4.78, 5) is 0. The lowest BCUT2D eigenvalue weighted by Crippen LogP contribution is -2.31. The van der Waals surface area contributed by atoms with E-state index in [4.69, 9.17) is 0 Å². The normalized spacial score (nSPS) is 14.8. The first-order valence-corrected chi connectivity index (χ1v) is 5.80. The van der Waals surface area contributed by atoms with Crippen LogP contribution in [-0.4, -0.2) is 20.6 Å². The van der Waals surface area contributed by atoms with Gasteiger partial charge in [0.2, 0.25) is 0 Å². The van der Waals surface area contributed by atoms with E-state index in [-0.39, 0.29) is 11.9 Å². The highest BCUT2D eigenvalue weighted by Crippen LogP contribution is 2.24. The van der Waals surface area contributed by atoms with Gasteiger partial charge in [0.1, 0.15) is 5.82 Å². The Balaban J connectivity index is 2.87. The Labute approximate surface area is 97.3 Å². The molecule has 0 fully saturated rings. The third-order valence-electron chi connectivity index (χ3n) is 2.98. The van der Waals surface area contributed by atoms with Crippen molar-refractivity contribution in [3.8, 4) is 0 Å². The molecule has 2 N–H and O–H groups in total. The van der Waals surface area contributed by atoms with Gasteiger partial charge in [0.15, 0.2) is 0 Å². The predicted molar refractivity (Wildman–Crippen MR) is 65.9 cm³/mol. The van der Waals surface area contributed by atoms with Gasteiger partial charge < -0.3 is 10.6 Å². The topological polar surface area (TPSA) is 24.1 Å². The van der Waals surface area contributed by atoms with Crippen molar-refractivity contribution < 1.29 is 4.39 Å². The average Bonchev–Trinajstić information content (AvgIpc) is 2.29. The molecule has 2 unspecified atom stereocenters. The van der Waals surface area contributed by atoms with Crippen molar-refractivity contribution in [2.24, 2.45) is 5.92 Å². The summed E-state index contributed by atoms with van der Waals surface area (Å²) < 4.78 is 13.2. The summed E-state index contributed by atoms with van der Waals surface area (Å²) in [6.45, 7) is 3.09. The minimum atomic E-state index is -0.169. The summed E-state index contributed by atoms with van der Waals surface area (Å²) in [6, 6.07) is 7.03. The first kappa shape index (κ1) is 13.1. The standard InChI is InChI=1S/C13H21FN2/c1-4-10(9-15-2)13(16-3)11-6-5-7-12(14)8-11/h5-8,10,13,15-16H,4,9H2,1-3H3. The average molecular weight is 224 g/mol. The highest BCUT2D eigenvalue weighted by molar-refractivity contribution is 5.21. The first-order valence-electron chi connectivity index (χ1n) is 5.80. The molecule has 0 bridgehead atoms. The van der Waals surface area contributed by atoms with Crippen molar-refractivity contribution in [3.05, 3.63) is 35.6 Å². The van der Waals surface area contributed by atoms with Crippen LogP contribution in [0.4, 0.5) is 4.39 Å². The number of nitrogens with one attached hydrogen (secondary N) is 2. The van der Waals surface area contributed by atoms with E-state index in [1.54, 1.807) is 12.1 Å². The van der Waals surface area contributed by atoms with Gasteiger partial charge in [0, 0.05) is 6.04 Å². The van der Waals surface area contributed by atoms with E-state index in [0.717, 1.165) is 18.5 Å². The molecule has 0 saturated carbocycles. The van der Waals surface area contributed by atoms with Gasteiger partial charge in [-0.3, -0.25) is 0 Å². The second kappa shape index (κ2) is 6.61. The maximum Gasteiger partial charge on any atom is 0.123 e. The van der Waals surface area contributed by atoms with E-state index in [9.17, 15) is 4.39 Å². The van der Waals surface area contributed by atoms with Gasteiger partial charge in [-0.05, 0) is 44.3 Å². The molecule has 1 rings (SSSR count). The molecule has 0 amide bonds. The first-order chi connectivity index (χ1) is 7.72. The van der Waals surface area contributed by atoms with Crippen LogP contribution in [0, 0.1) is 11.7 Å². The fourth-order valence-electron chi connectivity index (χ4n) is 2.13. The maximum absolute atomic E-state index is 13.2. The third-order valence-corrected chi connectivity index (χ3v) is 2.98. The van der Waals surface area contributed by atoms with E-state index in [0.29, 0.717) is 5.92 Å². The van der Waals surface area contributed by atoms with E-state index < -0.39 is 0 Å². The molecule has 2 atom stereocenters. The number of hydrogen-bond donors (Lipinski definition) is 2. The second-order valence-electron chi connectivity index (χ2n) is 4.05. The summed E-state index contributed by atoms with van der Waals surface area (Å²) >= 11 is 0. The van der Waals surface area contributed by atoms with Crippen molar-refractivity contribution in [2.45, 2.75) is 19.4 Å². The Morgan fingerprint density at radius 2 is 2.06 bits per heavy atom. The van der Waals surface area contributed by atoms with Crippen molar-refractivity contribution >= 4 is 0 Å². The predicted octanol–water partition coefficient (Wildman–Crippen LogP) is 2.33. The van der Waals surface area contributed by atoms with Gasteiger partial charge in [-0.1, -0.05) is 25.5 Å². The Morgan fingerprint density at radius 1 is 1.31 bits per heavy atom. The molecule has 0 aromatic heterocycles. The molecule has 3 heteroatoms. The number of halogens is 1. The molecule has 2 nitrogen and oxygen atoms in total. The highest BCUT2D eigenvalue weighted by atomic mass is 19.1. The second-order valence-corrected chi connectivity index (χ2v) is 4.05. The highest BCUT2D eigenvalue weighted by Gasteiger charge is 2.19. The van der Waals surface area contributed by atoms with Crippen molar-refractivity contribution in [2.75, 3.05) is 20.6 Å². The van der Waals surface area contributed by atoms with Gasteiger partial charge in [-0.2, -0.15) is 0 Å². The molecule has 0 radical (unpaired) electrons. The molecule has 90 valence electrons. The summed E-state index contributed by atoms with van der Waals surface area (Å²) in [5, 5.41) is 6.46. The van der Waals surface area contributed by atoms with Crippen molar-refractivity contribution in [1.82, 2.24) is 10.6 Å².